The normalized spacial score (nSPS) is 12.8. The summed E-state index contributed by atoms with van der Waals surface area (Å²) in [5.74, 6) is -13.0. The van der Waals surface area contributed by atoms with Crippen molar-refractivity contribution in [3.8, 4) is 0 Å². The number of aliphatic carboxylic acids is 5. The minimum absolute atomic E-state index is 0.00364. The lowest BCUT2D eigenvalue weighted by atomic mass is 9.90. The van der Waals surface area contributed by atoms with Crippen LogP contribution in [0.2, 0.25) is 0 Å². The first kappa shape index (κ1) is 40.5. The molecule has 0 saturated carbocycles. The number of carboxylic acid groups (broad SMARTS) is 5. The molecule has 0 fully saturated rings. The number of carbonyl (C=O) groups excluding carboxylic acids is 3. The molecule has 2 amide bonds. The summed E-state index contributed by atoms with van der Waals surface area (Å²) < 4.78 is 2.84. The van der Waals surface area contributed by atoms with Crippen LogP contribution in [0, 0.1) is 17.3 Å². The number of ketones is 1. The maximum absolute atomic E-state index is 13.1. The SMILES string of the molecule is C[C@H](CC(C(=O)O)C(=O)O)NC(=O)Cn1ccnc1CN(CC(=O)C(C)(C)C)Cc1nccn1CC(=O)N[C@@H](CC(C(=O)O)C(=O)O)C(=O)O. The number of carboxylic acids is 5. The highest BCUT2D eigenvalue weighted by Gasteiger charge is 2.34. The fourth-order valence-electron chi connectivity index (χ4n) is 4.63. The summed E-state index contributed by atoms with van der Waals surface area (Å²) in [5, 5.41) is 50.6. The Balaban J connectivity index is 2.21. The van der Waals surface area contributed by atoms with Crippen LogP contribution < -0.4 is 10.6 Å². The zero-order valence-electron chi connectivity index (χ0n) is 27.8. The van der Waals surface area contributed by atoms with Gasteiger partial charge < -0.3 is 45.3 Å². The monoisotopic (exact) mass is 707 g/mol. The molecule has 2 aromatic heterocycles. The van der Waals surface area contributed by atoms with Gasteiger partial charge in [0.25, 0.3) is 0 Å². The van der Waals surface area contributed by atoms with Gasteiger partial charge >= 0.3 is 29.8 Å². The van der Waals surface area contributed by atoms with Crippen molar-refractivity contribution in [2.45, 2.75) is 78.8 Å². The van der Waals surface area contributed by atoms with E-state index in [1.54, 1.807) is 25.7 Å². The fraction of sp³-hybridized carbons (Fsp3) is 0.533. The molecule has 2 heterocycles. The van der Waals surface area contributed by atoms with Gasteiger partial charge in [-0.15, -0.1) is 0 Å². The first-order valence-electron chi connectivity index (χ1n) is 15.2. The van der Waals surface area contributed by atoms with Gasteiger partial charge in [0.2, 0.25) is 11.8 Å². The van der Waals surface area contributed by atoms with E-state index < -0.39 is 84.0 Å². The smallest absolute Gasteiger partial charge is 0.326 e. The molecule has 0 spiro atoms. The van der Waals surface area contributed by atoms with Gasteiger partial charge in [-0.05, 0) is 13.3 Å². The summed E-state index contributed by atoms with van der Waals surface area (Å²) in [6.45, 7) is 5.75. The largest absolute Gasteiger partial charge is 0.481 e. The average molecular weight is 708 g/mol. The molecule has 7 N–H and O–H groups in total. The molecular formula is C30H41N7O13. The minimum atomic E-state index is -2.07. The molecule has 2 aromatic rings. The molecule has 2 atom stereocenters. The van der Waals surface area contributed by atoms with Gasteiger partial charge in [0, 0.05) is 42.7 Å². The number of imidazole rings is 2. The molecule has 2 rings (SSSR count). The summed E-state index contributed by atoms with van der Waals surface area (Å²) in [6, 6.07) is -2.60. The van der Waals surface area contributed by atoms with Crippen LogP contribution in [0.3, 0.4) is 0 Å². The summed E-state index contributed by atoms with van der Waals surface area (Å²) >= 11 is 0. The Kier molecular flexibility index (Phi) is 14.3. The van der Waals surface area contributed by atoms with Crippen LogP contribution in [-0.2, 0) is 64.5 Å². The standard InChI is InChI=1S/C30H41N7O13/c1-16(9-17(25(41)42)26(43)44)33-23(39)14-36-7-5-31-21(36)12-35(11-20(38)30(2,3)4)13-22-32-6-8-37(22)15-24(40)34-19(29(49)50)10-18(27(45)46)28(47)48/h5-8,16-19H,9-15H2,1-4H3,(H,33,39)(H,34,40)(H,41,42)(H,43,44)(H,45,46)(H,47,48)(H,49,50)/t16-,19+/m1/s1. The van der Waals surface area contributed by atoms with E-state index in [0.717, 1.165) is 0 Å². The predicted octanol–water partition coefficient (Wildman–Crippen LogP) is -0.878. The lowest BCUT2D eigenvalue weighted by Gasteiger charge is -2.26. The number of aromatic nitrogens is 4. The van der Waals surface area contributed by atoms with E-state index in [0.29, 0.717) is 5.82 Å². The van der Waals surface area contributed by atoms with Crippen molar-refractivity contribution < 1.29 is 63.9 Å². The van der Waals surface area contributed by atoms with Crippen molar-refractivity contribution in [1.29, 1.82) is 0 Å². The molecule has 50 heavy (non-hydrogen) atoms. The molecule has 0 saturated heterocycles. The van der Waals surface area contributed by atoms with Gasteiger partial charge in [0.05, 0.1) is 19.6 Å². The molecule has 0 aliphatic carbocycles. The summed E-state index contributed by atoms with van der Waals surface area (Å²) in [6.07, 6.45) is 4.45. The molecule has 0 aromatic carbocycles. The average Bonchev–Trinajstić information content (AvgIpc) is 3.60. The van der Waals surface area contributed by atoms with Crippen LogP contribution in [0.5, 0.6) is 0 Å². The first-order valence-corrected chi connectivity index (χ1v) is 15.2. The van der Waals surface area contributed by atoms with Crippen molar-refractivity contribution >= 4 is 47.4 Å². The third-order valence-electron chi connectivity index (χ3n) is 7.46. The highest BCUT2D eigenvalue weighted by molar-refractivity contribution is 5.94. The number of nitrogens with zero attached hydrogens (tertiary/aromatic N) is 5. The Morgan fingerprint density at radius 3 is 1.52 bits per heavy atom. The summed E-state index contributed by atoms with van der Waals surface area (Å²) in [4.78, 5) is 105. The quantitative estimate of drug-likeness (QED) is 0.0775. The number of hydrogen-bond donors (Lipinski definition) is 7. The number of amides is 2. The van der Waals surface area contributed by atoms with Gasteiger partial charge in [-0.1, -0.05) is 20.8 Å². The van der Waals surface area contributed by atoms with Crippen LogP contribution >= 0.6 is 0 Å². The predicted molar refractivity (Wildman–Crippen MR) is 167 cm³/mol. The second-order valence-corrected chi connectivity index (χ2v) is 12.6. The van der Waals surface area contributed by atoms with Gasteiger partial charge in [-0.2, -0.15) is 0 Å². The van der Waals surface area contributed by atoms with E-state index in [1.165, 1.54) is 40.8 Å². The highest BCUT2D eigenvalue weighted by Crippen LogP contribution is 2.18. The molecule has 0 aliphatic rings. The maximum Gasteiger partial charge on any atom is 0.326 e. The van der Waals surface area contributed by atoms with E-state index in [2.05, 4.69) is 20.6 Å². The molecule has 274 valence electrons. The molecule has 0 unspecified atom stereocenters. The van der Waals surface area contributed by atoms with Crippen molar-refractivity contribution in [2.24, 2.45) is 17.3 Å². The Morgan fingerprint density at radius 2 is 1.12 bits per heavy atom. The number of carbonyl (C=O) groups is 8. The van der Waals surface area contributed by atoms with Crippen LogP contribution in [-0.4, -0.2) is 116 Å². The van der Waals surface area contributed by atoms with Crippen molar-refractivity contribution in [3.63, 3.8) is 0 Å². The van der Waals surface area contributed by atoms with E-state index in [-0.39, 0.29) is 44.2 Å². The lowest BCUT2D eigenvalue weighted by molar-refractivity contribution is -0.157. The molecular weight excluding hydrogens is 666 g/mol. The molecule has 20 nitrogen and oxygen atoms in total. The van der Waals surface area contributed by atoms with E-state index in [4.69, 9.17) is 20.4 Å². The van der Waals surface area contributed by atoms with Crippen LogP contribution in [0.15, 0.2) is 24.8 Å². The Bertz CT molecular complexity index is 1560. The minimum Gasteiger partial charge on any atom is -0.481 e. The molecule has 0 radical (unpaired) electrons. The second-order valence-electron chi connectivity index (χ2n) is 12.6. The number of rotatable bonds is 21. The number of nitrogens with one attached hydrogen (secondary N) is 2. The van der Waals surface area contributed by atoms with E-state index in [9.17, 15) is 43.5 Å². The molecule has 0 bridgehead atoms. The van der Waals surface area contributed by atoms with E-state index in [1.807, 2.05) is 0 Å². The van der Waals surface area contributed by atoms with Gasteiger partial charge in [0.1, 0.15) is 30.8 Å². The first-order chi connectivity index (χ1) is 23.2. The molecule has 20 heteroatoms. The Morgan fingerprint density at radius 1 is 0.700 bits per heavy atom. The third kappa shape index (κ3) is 12.4. The summed E-state index contributed by atoms with van der Waals surface area (Å²) in [5.41, 5.74) is -0.752. The Hall–Kier alpha value is -5.66. The third-order valence-corrected chi connectivity index (χ3v) is 7.46. The van der Waals surface area contributed by atoms with Crippen molar-refractivity contribution in [1.82, 2.24) is 34.6 Å². The van der Waals surface area contributed by atoms with Crippen molar-refractivity contribution in [2.75, 3.05) is 6.54 Å². The summed E-state index contributed by atoms with van der Waals surface area (Å²) in [7, 11) is 0. The van der Waals surface area contributed by atoms with Crippen molar-refractivity contribution in [3.05, 3.63) is 36.4 Å². The number of hydrogen-bond acceptors (Lipinski definition) is 11. The maximum atomic E-state index is 13.1. The van der Waals surface area contributed by atoms with Gasteiger partial charge in [-0.3, -0.25) is 38.5 Å². The van der Waals surface area contributed by atoms with Gasteiger partial charge in [-0.25, -0.2) is 14.8 Å². The Labute approximate surface area is 285 Å². The van der Waals surface area contributed by atoms with Crippen LogP contribution in [0.1, 0.15) is 52.2 Å². The highest BCUT2D eigenvalue weighted by atomic mass is 16.4. The molecule has 0 aliphatic heterocycles. The van der Waals surface area contributed by atoms with Crippen LogP contribution in [0.25, 0.3) is 0 Å². The topological polar surface area (TPSA) is 301 Å². The zero-order chi connectivity index (χ0) is 37.9. The zero-order valence-corrected chi connectivity index (χ0v) is 27.8. The second kappa shape index (κ2) is 17.7. The van der Waals surface area contributed by atoms with Crippen LogP contribution in [0.4, 0.5) is 0 Å². The van der Waals surface area contributed by atoms with Gasteiger partial charge in [0.15, 0.2) is 17.6 Å². The fourth-order valence-corrected chi connectivity index (χ4v) is 4.63. The lowest BCUT2D eigenvalue weighted by Crippen LogP contribution is -2.45. The number of Topliss-reactive ketones (excluding diaryl/α,β-unsaturated/α-hetero) is 1. The van der Waals surface area contributed by atoms with E-state index >= 15 is 0 Å².